The number of hydrogen-bond donors (Lipinski definition) is 0. The molecular formula is C36H34F2HfSi. The summed E-state index contributed by atoms with van der Waals surface area (Å²) in [6, 6.07) is 30.1. The first kappa shape index (κ1) is 26.2. The van der Waals surface area contributed by atoms with E-state index in [4.69, 9.17) is 0 Å². The summed E-state index contributed by atoms with van der Waals surface area (Å²) in [5.41, 5.74) is 10.4. The fourth-order valence-corrected chi connectivity index (χ4v) is 40.3. The van der Waals surface area contributed by atoms with Crippen LogP contribution in [0.5, 0.6) is 0 Å². The second kappa shape index (κ2) is 9.42. The molecule has 0 aromatic heterocycles. The van der Waals surface area contributed by atoms with Crippen molar-refractivity contribution in [1.29, 1.82) is 0 Å². The van der Waals surface area contributed by atoms with Gasteiger partial charge in [0.1, 0.15) is 0 Å². The van der Waals surface area contributed by atoms with Gasteiger partial charge in [0.2, 0.25) is 0 Å². The molecule has 0 nitrogen and oxygen atoms in total. The van der Waals surface area contributed by atoms with Gasteiger partial charge in [-0.2, -0.15) is 0 Å². The van der Waals surface area contributed by atoms with Crippen molar-refractivity contribution in [3.63, 3.8) is 0 Å². The Balaban J connectivity index is 1.46. The van der Waals surface area contributed by atoms with Gasteiger partial charge in [0.05, 0.1) is 0 Å². The predicted molar refractivity (Wildman–Crippen MR) is 164 cm³/mol. The van der Waals surface area contributed by atoms with Gasteiger partial charge in [-0.05, 0) is 0 Å². The predicted octanol–water partition coefficient (Wildman–Crippen LogP) is 10.7. The van der Waals surface area contributed by atoms with Crippen molar-refractivity contribution in [3.05, 3.63) is 129 Å². The molecule has 3 aliphatic rings. The van der Waals surface area contributed by atoms with Crippen LogP contribution >= 0.6 is 0 Å². The van der Waals surface area contributed by atoms with Crippen molar-refractivity contribution >= 4 is 20.2 Å². The minimum absolute atomic E-state index is 0.192. The van der Waals surface area contributed by atoms with Crippen molar-refractivity contribution in [1.82, 2.24) is 0 Å². The van der Waals surface area contributed by atoms with Gasteiger partial charge in [0, 0.05) is 0 Å². The average Bonchev–Trinajstić information content (AvgIpc) is 3.56. The Morgan fingerprint density at radius 2 is 1.00 bits per heavy atom. The Morgan fingerprint density at radius 3 is 1.38 bits per heavy atom. The molecule has 0 bridgehead atoms. The molecule has 0 radical (unpaired) electrons. The molecule has 0 N–H and O–H groups in total. The summed E-state index contributed by atoms with van der Waals surface area (Å²) in [6.45, 7) is 4.85. The van der Waals surface area contributed by atoms with Gasteiger partial charge >= 0.3 is 243 Å². The van der Waals surface area contributed by atoms with E-state index in [-0.39, 0.29) is 11.6 Å². The number of fused-ring (bicyclic) bond motifs is 6. The summed E-state index contributed by atoms with van der Waals surface area (Å²) in [7, 11) is -1.98. The Labute approximate surface area is 241 Å². The molecule has 4 aromatic carbocycles. The first-order chi connectivity index (χ1) is 19.3. The molecule has 0 spiro atoms. The normalized spacial score (nSPS) is 21.1. The first-order valence-corrected chi connectivity index (χ1v) is 28.3. The monoisotopic (exact) mass is 712 g/mol. The van der Waals surface area contributed by atoms with Gasteiger partial charge in [0.15, 0.2) is 0 Å². The van der Waals surface area contributed by atoms with E-state index in [1.165, 1.54) is 45.5 Å². The van der Waals surface area contributed by atoms with Gasteiger partial charge in [-0.1, -0.05) is 0 Å². The third-order valence-electron chi connectivity index (χ3n) is 10.2. The fraction of sp³-hybridized carbons (Fsp3) is 0.222. The Morgan fingerprint density at radius 1 is 0.600 bits per heavy atom. The average molecular weight is 711 g/mol. The van der Waals surface area contributed by atoms with Gasteiger partial charge in [-0.15, -0.1) is 0 Å². The molecule has 1 fully saturated rings. The van der Waals surface area contributed by atoms with Crippen LogP contribution < -0.4 is 0 Å². The third kappa shape index (κ3) is 3.61. The first-order valence-electron chi connectivity index (χ1n) is 14.5. The van der Waals surface area contributed by atoms with Crippen LogP contribution in [0.15, 0.2) is 95.3 Å². The van der Waals surface area contributed by atoms with Crippen molar-refractivity contribution in [2.75, 3.05) is 0 Å². The topological polar surface area (TPSA) is 0 Å². The van der Waals surface area contributed by atoms with Crippen molar-refractivity contribution in [3.8, 4) is 22.3 Å². The molecule has 40 heavy (non-hydrogen) atoms. The van der Waals surface area contributed by atoms with E-state index in [0.717, 1.165) is 11.1 Å². The second-order valence-corrected chi connectivity index (χ2v) is 34.3. The van der Waals surface area contributed by atoms with Crippen LogP contribution in [0.3, 0.4) is 0 Å². The molecule has 0 amide bonds. The maximum atomic E-state index is 13.8. The SMILES string of the molecule is CC[Si]1(CC)C2=Cc3c(-c4ccc(F)cc4)cccc3[CH]2[Hf]([CH3])([CH3])[CH]2C1=Cc1c(-c3ccc(F)cc3)cccc12. The zero-order valence-electron chi connectivity index (χ0n) is 23.6. The van der Waals surface area contributed by atoms with Crippen LogP contribution in [0.4, 0.5) is 8.78 Å². The van der Waals surface area contributed by atoms with Crippen LogP contribution in [-0.4, -0.2) is 8.07 Å². The summed E-state index contributed by atoms with van der Waals surface area (Å²) in [4.78, 5) is 0. The third-order valence-corrected chi connectivity index (χ3v) is 33.0. The number of benzene rings is 4. The van der Waals surface area contributed by atoms with Crippen LogP contribution in [0, 0.1) is 11.6 Å². The van der Waals surface area contributed by atoms with Crippen molar-refractivity contribution < 1.29 is 28.7 Å². The summed E-state index contributed by atoms with van der Waals surface area (Å²) in [6.07, 6.45) is 5.20. The quantitative estimate of drug-likeness (QED) is 0.185. The molecule has 4 heteroatoms. The van der Waals surface area contributed by atoms with Gasteiger partial charge < -0.3 is 0 Å². The summed E-state index contributed by atoms with van der Waals surface area (Å²) < 4.78 is 34.1. The molecule has 2 aliphatic carbocycles. The standard InChI is InChI=1S/C34H28F2Si.2CH3.Hf/c1-3-37(4-2,29-19-25-7-5-9-31(33(25)21-29)23-11-15-27(35)16-12-23)30-20-26-8-6-10-32(34(26)22-30)24-13-17-28(36)18-14-24;;;/h5-22H,3-4H2,1-2H3;2*1H3;. The van der Waals surface area contributed by atoms with E-state index >= 15 is 0 Å². The molecule has 2 atom stereocenters. The summed E-state index contributed by atoms with van der Waals surface area (Å²) in [5, 5.41) is 3.51. The Bertz CT molecular complexity index is 1590. The van der Waals surface area contributed by atoms with Crippen molar-refractivity contribution in [2.24, 2.45) is 0 Å². The van der Waals surface area contributed by atoms with Gasteiger partial charge in [0.25, 0.3) is 0 Å². The van der Waals surface area contributed by atoms with E-state index < -0.39 is 28.0 Å². The Kier molecular flexibility index (Phi) is 6.18. The zero-order valence-corrected chi connectivity index (χ0v) is 28.2. The number of rotatable bonds is 4. The summed E-state index contributed by atoms with van der Waals surface area (Å²) >= 11 is -3.12. The molecule has 1 saturated heterocycles. The minimum atomic E-state index is -3.12. The molecule has 1 heterocycles. The molecule has 0 saturated carbocycles. The van der Waals surface area contributed by atoms with E-state index in [0.29, 0.717) is 7.35 Å². The maximum absolute atomic E-state index is 13.8. The fourth-order valence-electron chi connectivity index (χ4n) is 8.40. The van der Waals surface area contributed by atoms with Gasteiger partial charge in [-0.3, -0.25) is 0 Å². The Hall–Kier alpha value is -2.69. The van der Waals surface area contributed by atoms with E-state index in [2.05, 4.69) is 71.8 Å². The van der Waals surface area contributed by atoms with Crippen LogP contribution in [0.2, 0.25) is 21.4 Å². The van der Waals surface area contributed by atoms with Crippen LogP contribution in [-0.2, 0) is 20.0 Å². The van der Waals surface area contributed by atoms with Crippen LogP contribution in [0.25, 0.3) is 34.4 Å². The van der Waals surface area contributed by atoms with E-state index in [1.54, 1.807) is 34.7 Å². The molecule has 7 rings (SSSR count). The number of allylic oxidation sites excluding steroid dienone is 2. The molecule has 2 unspecified atom stereocenters. The molecule has 200 valence electrons. The number of hydrogen-bond acceptors (Lipinski definition) is 0. The second-order valence-electron chi connectivity index (χ2n) is 12.3. The van der Waals surface area contributed by atoms with Gasteiger partial charge in [-0.25, -0.2) is 0 Å². The van der Waals surface area contributed by atoms with Crippen molar-refractivity contribution in [2.45, 2.75) is 42.6 Å². The van der Waals surface area contributed by atoms with E-state index in [1.807, 2.05) is 24.3 Å². The van der Waals surface area contributed by atoms with Crippen LogP contribution in [0.1, 0.15) is 43.5 Å². The molecule has 1 aliphatic heterocycles. The summed E-state index contributed by atoms with van der Waals surface area (Å²) in [5.74, 6) is -0.383. The number of halogens is 2. The molecular weight excluding hydrogens is 677 g/mol. The van der Waals surface area contributed by atoms with E-state index in [9.17, 15) is 8.78 Å². The zero-order chi connectivity index (χ0) is 27.8. The molecule has 4 aromatic rings.